The number of nitrogen functional groups attached to an aromatic ring is 1. The van der Waals surface area contributed by atoms with Crippen LogP contribution in [0.2, 0.25) is 0 Å². The average Bonchev–Trinajstić information content (AvgIpc) is 2.87. The standard InChI is InChI=1S/C11H14N4O2/c1-7-3-4-8(17-7)6-15(2)11(16)9-5-10(12)14-13-9/h3-5H,6H2,1-2H3,(H3,12,13,14). The number of aromatic nitrogens is 2. The lowest BCUT2D eigenvalue weighted by Crippen LogP contribution is -2.26. The van der Waals surface area contributed by atoms with Crippen LogP contribution in [0.3, 0.4) is 0 Å². The van der Waals surface area contributed by atoms with Crippen molar-refractivity contribution in [1.29, 1.82) is 0 Å². The van der Waals surface area contributed by atoms with Crippen molar-refractivity contribution in [3.8, 4) is 0 Å². The van der Waals surface area contributed by atoms with Gasteiger partial charge in [0.1, 0.15) is 23.0 Å². The molecule has 2 rings (SSSR count). The Morgan fingerprint density at radius 1 is 1.59 bits per heavy atom. The quantitative estimate of drug-likeness (QED) is 0.834. The number of nitrogens with two attached hydrogens (primary N) is 1. The Bertz CT molecular complexity index is 529. The number of aryl methyl sites for hydroxylation is 1. The first kappa shape index (κ1) is 11.3. The number of nitrogens with one attached hydrogen (secondary N) is 1. The summed E-state index contributed by atoms with van der Waals surface area (Å²) in [6.45, 7) is 2.27. The summed E-state index contributed by atoms with van der Waals surface area (Å²) in [5.41, 5.74) is 5.81. The van der Waals surface area contributed by atoms with Gasteiger partial charge in [0.2, 0.25) is 0 Å². The van der Waals surface area contributed by atoms with Crippen molar-refractivity contribution in [2.45, 2.75) is 13.5 Å². The van der Waals surface area contributed by atoms with Gasteiger partial charge in [0, 0.05) is 13.1 Å². The van der Waals surface area contributed by atoms with Gasteiger partial charge in [-0.2, -0.15) is 5.10 Å². The van der Waals surface area contributed by atoms with Crippen molar-refractivity contribution in [1.82, 2.24) is 15.1 Å². The number of hydrogen-bond donors (Lipinski definition) is 2. The van der Waals surface area contributed by atoms with E-state index < -0.39 is 0 Å². The maximum absolute atomic E-state index is 11.9. The molecule has 0 saturated carbocycles. The van der Waals surface area contributed by atoms with Gasteiger partial charge in [0.05, 0.1) is 6.54 Å². The second kappa shape index (κ2) is 4.32. The Balaban J connectivity index is 2.05. The van der Waals surface area contributed by atoms with Gasteiger partial charge in [-0.25, -0.2) is 0 Å². The van der Waals surface area contributed by atoms with E-state index in [0.29, 0.717) is 18.1 Å². The number of nitrogens with zero attached hydrogens (tertiary/aromatic N) is 2. The van der Waals surface area contributed by atoms with Crippen LogP contribution < -0.4 is 5.73 Å². The van der Waals surface area contributed by atoms with Crippen LogP contribution in [-0.2, 0) is 6.54 Å². The van der Waals surface area contributed by atoms with Crippen molar-refractivity contribution in [2.24, 2.45) is 0 Å². The minimum atomic E-state index is -0.178. The molecule has 0 radical (unpaired) electrons. The van der Waals surface area contributed by atoms with E-state index in [1.807, 2.05) is 19.1 Å². The summed E-state index contributed by atoms with van der Waals surface area (Å²) < 4.78 is 5.40. The van der Waals surface area contributed by atoms with Crippen LogP contribution in [0.25, 0.3) is 0 Å². The second-order valence-electron chi connectivity index (χ2n) is 3.88. The molecule has 0 aliphatic rings. The van der Waals surface area contributed by atoms with Crippen LogP contribution in [0.4, 0.5) is 5.82 Å². The molecule has 0 bridgehead atoms. The molecule has 3 N–H and O–H groups in total. The molecule has 6 heteroatoms. The minimum absolute atomic E-state index is 0.178. The van der Waals surface area contributed by atoms with Crippen LogP contribution >= 0.6 is 0 Å². The van der Waals surface area contributed by atoms with Crippen molar-refractivity contribution in [2.75, 3.05) is 12.8 Å². The number of carbonyl (C=O) groups excluding carboxylic acids is 1. The maximum atomic E-state index is 11.9. The molecule has 6 nitrogen and oxygen atoms in total. The fraction of sp³-hybridized carbons (Fsp3) is 0.273. The smallest absolute Gasteiger partial charge is 0.272 e. The third kappa shape index (κ3) is 2.47. The molecule has 2 aromatic rings. The van der Waals surface area contributed by atoms with Gasteiger partial charge in [0.15, 0.2) is 0 Å². The van der Waals surface area contributed by atoms with E-state index in [-0.39, 0.29) is 5.91 Å². The van der Waals surface area contributed by atoms with E-state index in [4.69, 9.17) is 10.2 Å². The summed E-state index contributed by atoms with van der Waals surface area (Å²) in [5, 5.41) is 6.29. The normalized spacial score (nSPS) is 10.5. The minimum Gasteiger partial charge on any atom is -0.464 e. The van der Waals surface area contributed by atoms with Crippen LogP contribution in [0.5, 0.6) is 0 Å². The number of anilines is 1. The van der Waals surface area contributed by atoms with Crippen molar-refractivity contribution in [3.05, 3.63) is 35.4 Å². The fourth-order valence-electron chi connectivity index (χ4n) is 1.53. The van der Waals surface area contributed by atoms with Gasteiger partial charge in [-0.15, -0.1) is 0 Å². The van der Waals surface area contributed by atoms with E-state index in [1.165, 1.54) is 11.0 Å². The van der Waals surface area contributed by atoms with Gasteiger partial charge in [-0.1, -0.05) is 0 Å². The number of hydrogen-bond acceptors (Lipinski definition) is 4. The topological polar surface area (TPSA) is 88.1 Å². The van der Waals surface area contributed by atoms with Gasteiger partial charge in [0.25, 0.3) is 5.91 Å². The summed E-state index contributed by atoms with van der Waals surface area (Å²) in [5.74, 6) is 1.69. The molecule has 2 heterocycles. The Morgan fingerprint density at radius 2 is 2.35 bits per heavy atom. The first-order chi connectivity index (χ1) is 8.06. The van der Waals surface area contributed by atoms with Crippen LogP contribution in [-0.4, -0.2) is 28.1 Å². The zero-order chi connectivity index (χ0) is 12.4. The van der Waals surface area contributed by atoms with E-state index in [2.05, 4.69) is 10.2 Å². The molecule has 1 amide bonds. The SMILES string of the molecule is Cc1ccc(CN(C)C(=O)c2cc(N)n[nH]2)o1. The number of rotatable bonds is 3. The molecule has 0 atom stereocenters. The van der Waals surface area contributed by atoms with E-state index in [1.54, 1.807) is 7.05 Å². The number of furan rings is 1. The molecular formula is C11H14N4O2. The second-order valence-corrected chi connectivity index (χ2v) is 3.88. The zero-order valence-electron chi connectivity index (χ0n) is 9.73. The lowest BCUT2D eigenvalue weighted by atomic mass is 10.3. The number of aromatic amines is 1. The summed E-state index contributed by atoms with van der Waals surface area (Å²) in [7, 11) is 1.69. The predicted molar refractivity (Wildman–Crippen MR) is 62.2 cm³/mol. The van der Waals surface area contributed by atoms with Gasteiger partial charge < -0.3 is 15.1 Å². The third-order valence-corrected chi connectivity index (χ3v) is 2.36. The van der Waals surface area contributed by atoms with E-state index in [0.717, 1.165) is 11.5 Å². The monoisotopic (exact) mass is 234 g/mol. The van der Waals surface area contributed by atoms with Crippen LogP contribution in [0, 0.1) is 6.92 Å². The molecular weight excluding hydrogens is 220 g/mol. The number of amides is 1. The number of carbonyl (C=O) groups is 1. The Labute approximate surface area is 98.4 Å². The Hall–Kier alpha value is -2.24. The molecule has 0 unspecified atom stereocenters. The fourth-order valence-corrected chi connectivity index (χ4v) is 1.53. The molecule has 0 spiro atoms. The molecule has 0 fully saturated rings. The van der Waals surface area contributed by atoms with Gasteiger partial charge >= 0.3 is 0 Å². The maximum Gasteiger partial charge on any atom is 0.272 e. The average molecular weight is 234 g/mol. The summed E-state index contributed by atoms with van der Waals surface area (Å²) in [6, 6.07) is 5.22. The van der Waals surface area contributed by atoms with E-state index in [9.17, 15) is 4.79 Å². The molecule has 0 saturated heterocycles. The highest BCUT2D eigenvalue weighted by atomic mass is 16.3. The van der Waals surface area contributed by atoms with Gasteiger partial charge in [-0.3, -0.25) is 9.89 Å². The van der Waals surface area contributed by atoms with Crippen molar-refractivity contribution in [3.63, 3.8) is 0 Å². The number of H-pyrrole nitrogens is 1. The molecule has 90 valence electrons. The molecule has 0 aliphatic heterocycles. The zero-order valence-corrected chi connectivity index (χ0v) is 9.73. The highest BCUT2D eigenvalue weighted by Crippen LogP contribution is 2.11. The van der Waals surface area contributed by atoms with Crippen LogP contribution in [0.1, 0.15) is 22.0 Å². The Kier molecular flexibility index (Phi) is 2.86. The molecule has 0 aliphatic carbocycles. The van der Waals surface area contributed by atoms with Crippen molar-refractivity contribution >= 4 is 11.7 Å². The lowest BCUT2D eigenvalue weighted by Gasteiger charge is -2.14. The van der Waals surface area contributed by atoms with Crippen LogP contribution in [0.15, 0.2) is 22.6 Å². The summed E-state index contributed by atoms with van der Waals surface area (Å²) in [4.78, 5) is 13.5. The molecule has 0 aromatic carbocycles. The lowest BCUT2D eigenvalue weighted by molar-refractivity contribution is 0.0769. The highest BCUT2D eigenvalue weighted by molar-refractivity contribution is 5.92. The predicted octanol–water partition coefficient (Wildman–Crippen LogP) is 1.17. The molecule has 17 heavy (non-hydrogen) atoms. The summed E-state index contributed by atoms with van der Waals surface area (Å²) >= 11 is 0. The Morgan fingerprint density at radius 3 is 2.88 bits per heavy atom. The van der Waals surface area contributed by atoms with Crippen molar-refractivity contribution < 1.29 is 9.21 Å². The highest BCUT2D eigenvalue weighted by Gasteiger charge is 2.15. The van der Waals surface area contributed by atoms with E-state index >= 15 is 0 Å². The largest absolute Gasteiger partial charge is 0.464 e. The molecule has 2 aromatic heterocycles. The first-order valence-electron chi connectivity index (χ1n) is 5.18. The van der Waals surface area contributed by atoms with Gasteiger partial charge in [-0.05, 0) is 19.1 Å². The first-order valence-corrected chi connectivity index (χ1v) is 5.18. The summed E-state index contributed by atoms with van der Waals surface area (Å²) in [6.07, 6.45) is 0. The third-order valence-electron chi connectivity index (χ3n) is 2.36.